The fraction of sp³-hybridized carbons (Fsp3) is 0.533. The SMILES string of the molecule is CCOc1cccc(N)c1C(=O)NCCCCCSC. The van der Waals surface area contributed by atoms with E-state index in [2.05, 4.69) is 11.6 Å². The van der Waals surface area contributed by atoms with Crippen molar-refractivity contribution >= 4 is 23.4 Å². The summed E-state index contributed by atoms with van der Waals surface area (Å²) in [4.78, 5) is 12.2. The number of ether oxygens (including phenoxy) is 1. The quantitative estimate of drug-likeness (QED) is 0.543. The summed E-state index contributed by atoms with van der Waals surface area (Å²) in [5, 5.41) is 2.91. The van der Waals surface area contributed by atoms with E-state index in [1.54, 1.807) is 18.2 Å². The minimum absolute atomic E-state index is 0.156. The van der Waals surface area contributed by atoms with Gasteiger partial charge in [-0.2, -0.15) is 11.8 Å². The van der Waals surface area contributed by atoms with Gasteiger partial charge in [0.2, 0.25) is 0 Å². The smallest absolute Gasteiger partial charge is 0.257 e. The molecule has 0 aliphatic rings. The van der Waals surface area contributed by atoms with Crippen LogP contribution in [0, 0.1) is 0 Å². The highest BCUT2D eigenvalue weighted by Crippen LogP contribution is 2.24. The topological polar surface area (TPSA) is 64.3 Å². The van der Waals surface area contributed by atoms with Crippen molar-refractivity contribution in [3.63, 3.8) is 0 Å². The lowest BCUT2D eigenvalue weighted by molar-refractivity contribution is 0.0950. The maximum absolute atomic E-state index is 12.2. The lowest BCUT2D eigenvalue weighted by atomic mass is 10.1. The molecule has 0 unspecified atom stereocenters. The Bertz CT molecular complexity index is 424. The van der Waals surface area contributed by atoms with E-state index in [4.69, 9.17) is 10.5 Å². The predicted octanol–water partition coefficient (Wildman–Crippen LogP) is 2.93. The number of rotatable bonds is 9. The molecule has 0 heterocycles. The number of carbonyl (C=O) groups excluding carboxylic acids is 1. The first-order valence-electron chi connectivity index (χ1n) is 6.99. The number of hydrogen-bond donors (Lipinski definition) is 2. The van der Waals surface area contributed by atoms with Crippen LogP contribution in [0.15, 0.2) is 18.2 Å². The van der Waals surface area contributed by atoms with Gasteiger partial charge in [0.05, 0.1) is 6.61 Å². The van der Waals surface area contributed by atoms with Crippen molar-refractivity contribution in [1.82, 2.24) is 5.32 Å². The first-order valence-corrected chi connectivity index (χ1v) is 8.38. The molecule has 20 heavy (non-hydrogen) atoms. The lowest BCUT2D eigenvalue weighted by Crippen LogP contribution is -2.26. The Morgan fingerprint density at radius 2 is 2.15 bits per heavy atom. The number of nitrogen functional groups attached to an aromatic ring is 1. The van der Waals surface area contributed by atoms with Gasteiger partial charge in [-0.15, -0.1) is 0 Å². The van der Waals surface area contributed by atoms with Gasteiger partial charge >= 0.3 is 0 Å². The molecule has 0 aromatic heterocycles. The van der Waals surface area contributed by atoms with Crippen LogP contribution in [0.1, 0.15) is 36.5 Å². The number of hydrogen-bond acceptors (Lipinski definition) is 4. The minimum Gasteiger partial charge on any atom is -0.493 e. The summed E-state index contributed by atoms with van der Waals surface area (Å²) in [6.07, 6.45) is 5.41. The number of carbonyl (C=O) groups is 1. The number of nitrogens with two attached hydrogens (primary N) is 1. The van der Waals surface area contributed by atoms with Gasteiger partial charge in [-0.3, -0.25) is 4.79 Å². The molecular formula is C15H24N2O2S. The largest absolute Gasteiger partial charge is 0.493 e. The molecular weight excluding hydrogens is 272 g/mol. The van der Waals surface area contributed by atoms with Crippen LogP contribution in [-0.4, -0.2) is 31.1 Å². The van der Waals surface area contributed by atoms with Crippen LogP contribution in [0.3, 0.4) is 0 Å². The van der Waals surface area contributed by atoms with Gasteiger partial charge < -0.3 is 15.8 Å². The Kier molecular flexibility index (Phi) is 7.95. The van der Waals surface area contributed by atoms with E-state index in [9.17, 15) is 4.79 Å². The Hall–Kier alpha value is -1.36. The molecule has 0 aliphatic heterocycles. The molecule has 5 heteroatoms. The number of nitrogens with one attached hydrogen (secondary N) is 1. The molecule has 4 nitrogen and oxygen atoms in total. The second-order valence-corrected chi connectivity index (χ2v) is 5.45. The zero-order chi connectivity index (χ0) is 14.8. The van der Waals surface area contributed by atoms with Crippen molar-refractivity contribution < 1.29 is 9.53 Å². The molecule has 0 bridgehead atoms. The predicted molar refractivity (Wildman–Crippen MR) is 86.6 cm³/mol. The molecule has 112 valence electrons. The molecule has 1 aromatic carbocycles. The van der Waals surface area contributed by atoms with E-state index in [1.807, 2.05) is 18.7 Å². The van der Waals surface area contributed by atoms with E-state index in [0.717, 1.165) is 12.8 Å². The van der Waals surface area contributed by atoms with E-state index in [1.165, 1.54) is 12.2 Å². The second kappa shape index (κ2) is 9.53. The number of amides is 1. The fourth-order valence-electron chi connectivity index (χ4n) is 1.91. The minimum atomic E-state index is -0.156. The number of thioether (sulfide) groups is 1. The van der Waals surface area contributed by atoms with Crippen LogP contribution >= 0.6 is 11.8 Å². The van der Waals surface area contributed by atoms with Crippen molar-refractivity contribution in [3.8, 4) is 5.75 Å². The Labute approximate surface area is 125 Å². The highest BCUT2D eigenvalue weighted by atomic mass is 32.2. The fourth-order valence-corrected chi connectivity index (χ4v) is 2.40. The van der Waals surface area contributed by atoms with E-state index >= 15 is 0 Å². The average Bonchev–Trinajstić information content (AvgIpc) is 2.43. The summed E-state index contributed by atoms with van der Waals surface area (Å²) in [6, 6.07) is 5.28. The molecule has 0 radical (unpaired) electrons. The van der Waals surface area contributed by atoms with Crippen LogP contribution in [0.2, 0.25) is 0 Å². The van der Waals surface area contributed by atoms with Crippen molar-refractivity contribution in [2.75, 3.05) is 30.9 Å². The molecule has 3 N–H and O–H groups in total. The third kappa shape index (κ3) is 5.33. The van der Waals surface area contributed by atoms with E-state index in [0.29, 0.717) is 30.2 Å². The van der Waals surface area contributed by atoms with Gasteiger partial charge in [0.25, 0.3) is 5.91 Å². The molecule has 1 aromatic rings. The first kappa shape index (κ1) is 16.7. The second-order valence-electron chi connectivity index (χ2n) is 4.46. The first-order chi connectivity index (χ1) is 9.70. The van der Waals surface area contributed by atoms with Gasteiger partial charge in [-0.25, -0.2) is 0 Å². The van der Waals surface area contributed by atoms with Crippen molar-refractivity contribution in [2.24, 2.45) is 0 Å². The molecule has 0 spiro atoms. The third-order valence-corrected chi connectivity index (χ3v) is 3.59. The summed E-state index contributed by atoms with van der Waals surface area (Å²) >= 11 is 1.85. The molecule has 0 saturated heterocycles. The Morgan fingerprint density at radius 1 is 1.35 bits per heavy atom. The Morgan fingerprint density at radius 3 is 2.85 bits per heavy atom. The monoisotopic (exact) mass is 296 g/mol. The normalized spacial score (nSPS) is 10.3. The zero-order valence-corrected chi connectivity index (χ0v) is 13.1. The summed E-state index contributed by atoms with van der Waals surface area (Å²) in [5.74, 6) is 1.57. The number of unbranched alkanes of at least 4 members (excludes halogenated alkanes) is 2. The number of benzene rings is 1. The van der Waals surface area contributed by atoms with E-state index in [-0.39, 0.29) is 5.91 Å². The molecule has 1 amide bonds. The maximum atomic E-state index is 12.2. The zero-order valence-electron chi connectivity index (χ0n) is 12.3. The van der Waals surface area contributed by atoms with Crippen LogP contribution < -0.4 is 15.8 Å². The van der Waals surface area contributed by atoms with Gasteiger partial charge in [0, 0.05) is 12.2 Å². The van der Waals surface area contributed by atoms with Crippen molar-refractivity contribution in [3.05, 3.63) is 23.8 Å². The van der Waals surface area contributed by atoms with Crippen molar-refractivity contribution in [1.29, 1.82) is 0 Å². The van der Waals surface area contributed by atoms with Crippen LogP contribution in [-0.2, 0) is 0 Å². The highest BCUT2D eigenvalue weighted by Gasteiger charge is 2.15. The van der Waals surface area contributed by atoms with Gasteiger partial charge in [0.15, 0.2) is 0 Å². The summed E-state index contributed by atoms with van der Waals surface area (Å²) in [6.45, 7) is 3.07. The van der Waals surface area contributed by atoms with E-state index < -0.39 is 0 Å². The van der Waals surface area contributed by atoms with Crippen LogP contribution in [0.5, 0.6) is 5.75 Å². The van der Waals surface area contributed by atoms with Crippen LogP contribution in [0.4, 0.5) is 5.69 Å². The molecule has 0 atom stereocenters. The molecule has 1 rings (SSSR count). The average molecular weight is 296 g/mol. The standard InChI is InChI=1S/C15H24N2O2S/c1-3-19-13-9-7-8-12(16)14(13)15(18)17-10-5-4-6-11-20-2/h7-9H,3-6,10-11,16H2,1-2H3,(H,17,18). The molecule has 0 saturated carbocycles. The van der Waals surface area contributed by atoms with Crippen molar-refractivity contribution in [2.45, 2.75) is 26.2 Å². The highest BCUT2D eigenvalue weighted by molar-refractivity contribution is 7.98. The summed E-state index contributed by atoms with van der Waals surface area (Å²) in [7, 11) is 0. The van der Waals surface area contributed by atoms with Gasteiger partial charge in [-0.05, 0) is 43.9 Å². The van der Waals surface area contributed by atoms with Gasteiger partial charge in [0.1, 0.15) is 11.3 Å². The molecule has 0 aliphatic carbocycles. The van der Waals surface area contributed by atoms with Crippen LogP contribution in [0.25, 0.3) is 0 Å². The summed E-state index contributed by atoms with van der Waals surface area (Å²) in [5.41, 5.74) is 6.78. The lowest BCUT2D eigenvalue weighted by Gasteiger charge is -2.12. The van der Waals surface area contributed by atoms with Gasteiger partial charge in [-0.1, -0.05) is 12.5 Å². The summed E-state index contributed by atoms with van der Waals surface area (Å²) < 4.78 is 5.45. The number of anilines is 1. The maximum Gasteiger partial charge on any atom is 0.257 e. The Balaban J connectivity index is 2.50. The third-order valence-electron chi connectivity index (χ3n) is 2.90. The molecule has 0 fully saturated rings.